The monoisotopic (exact) mass is 416 g/mol. The lowest BCUT2D eigenvalue weighted by atomic mass is 10.2. The van der Waals surface area contributed by atoms with Crippen LogP contribution in [0.2, 0.25) is 10.0 Å². The third-order valence-corrected chi connectivity index (χ3v) is 4.40. The van der Waals surface area contributed by atoms with Crippen LogP contribution in [-0.2, 0) is 6.54 Å². The lowest BCUT2D eigenvalue weighted by Crippen LogP contribution is -2.29. The predicted octanol–water partition coefficient (Wildman–Crippen LogP) is 6.22. The summed E-state index contributed by atoms with van der Waals surface area (Å²) in [5, 5.41) is 4.91. The maximum absolute atomic E-state index is 6.17. The van der Waals surface area contributed by atoms with E-state index in [0.29, 0.717) is 5.02 Å². The minimum atomic E-state index is 0. The van der Waals surface area contributed by atoms with Crippen molar-refractivity contribution in [3.63, 3.8) is 0 Å². The summed E-state index contributed by atoms with van der Waals surface area (Å²) in [6.45, 7) is 10.00. The lowest BCUT2D eigenvalue weighted by Gasteiger charge is -2.22. The van der Waals surface area contributed by atoms with Crippen molar-refractivity contribution in [2.45, 2.75) is 52.5 Å². The Morgan fingerprint density at radius 2 is 1.50 bits per heavy atom. The second-order valence-electron chi connectivity index (χ2n) is 5.81. The van der Waals surface area contributed by atoms with Gasteiger partial charge in [-0.2, -0.15) is 0 Å². The molecule has 0 saturated carbocycles. The van der Waals surface area contributed by atoms with Gasteiger partial charge in [0.05, 0.1) is 0 Å². The molecule has 1 rings (SSSR count). The number of nitrogens with zero attached hydrogens (tertiary/aromatic N) is 1. The summed E-state index contributed by atoms with van der Waals surface area (Å²) in [6.07, 6.45) is 6.33. The zero-order chi connectivity index (χ0) is 16.2. The normalized spacial score (nSPS) is 10.4. The molecule has 1 N–H and O–H groups in total. The molecule has 0 radical (unpaired) electrons. The average molecular weight is 418 g/mol. The summed E-state index contributed by atoms with van der Waals surface area (Å²) in [7, 11) is 0. The van der Waals surface area contributed by atoms with E-state index in [4.69, 9.17) is 23.2 Å². The average Bonchev–Trinajstić information content (AvgIpc) is 2.50. The van der Waals surface area contributed by atoms with Crippen LogP contribution in [0.1, 0.15) is 51.5 Å². The molecule has 0 saturated heterocycles. The maximum atomic E-state index is 6.17. The van der Waals surface area contributed by atoms with Crippen molar-refractivity contribution in [3.05, 3.63) is 33.8 Å². The van der Waals surface area contributed by atoms with Gasteiger partial charge < -0.3 is 10.2 Å². The molecule has 24 heavy (non-hydrogen) atoms. The molecule has 142 valence electrons. The van der Waals surface area contributed by atoms with Gasteiger partial charge in [0.15, 0.2) is 0 Å². The van der Waals surface area contributed by atoms with Gasteiger partial charge >= 0.3 is 0 Å². The van der Waals surface area contributed by atoms with Crippen molar-refractivity contribution in [1.82, 2.24) is 10.2 Å². The maximum Gasteiger partial charge on any atom is 0.0465 e. The molecule has 2 nitrogen and oxygen atoms in total. The summed E-state index contributed by atoms with van der Waals surface area (Å²) < 4.78 is 0. The molecule has 0 aromatic heterocycles. The zero-order valence-corrected chi connectivity index (χ0v) is 18.0. The van der Waals surface area contributed by atoms with Crippen LogP contribution in [0, 0.1) is 0 Å². The third-order valence-electron chi connectivity index (χ3n) is 3.81. The van der Waals surface area contributed by atoms with E-state index in [0.717, 1.165) is 23.7 Å². The number of hydrogen-bond acceptors (Lipinski definition) is 2. The van der Waals surface area contributed by atoms with Gasteiger partial charge in [0.25, 0.3) is 0 Å². The Kier molecular flexibility index (Phi) is 18.5. The van der Waals surface area contributed by atoms with E-state index >= 15 is 0 Å². The predicted molar refractivity (Wildman–Crippen MR) is 114 cm³/mol. The minimum Gasteiger partial charge on any atom is -0.313 e. The van der Waals surface area contributed by atoms with E-state index in [-0.39, 0.29) is 24.8 Å². The van der Waals surface area contributed by atoms with Crippen molar-refractivity contribution in [2.24, 2.45) is 0 Å². The second kappa shape index (κ2) is 16.8. The Bertz CT molecular complexity index is 408. The van der Waals surface area contributed by atoms with Crippen molar-refractivity contribution >= 4 is 48.0 Å². The van der Waals surface area contributed by atoms with Gasteiger partial charge in [-0.1, -0.05) is 56.0 Å². The van der Waals surface area contributed by atoms with E-state index in [1.54, 1.807) is 6.07 Å². The number of halogens is 4. The Morgan fingerprint density at radius 1 is 0.917 bits per heavy atom. The topological polar surface area (TPSA) is 15.3 Å². The van der Waals surface area contributed by atoms with Crippen LogP contribution in [0.5, 0.6) is 0 Å². The van der Waals surface area contributed by atoms with E-state index < -0.39 is 0 Å². The number of unbranched alkanes of at least 4 members (excludes halogenated alkanes) is 2. The lowest BCUT2D eigenvalue weighted by molar-refractivity contribution is 0.261. The van der Waals surface area contributed by atoms with Crippen LogP contribution in [-0.4, -0.2) is 31.1 Å². The quantitative estimate of drug-likeness (QED) is 0.406. The summed E-state index contributed by atoms with van der Waals surface area (Å²) >= 11 is 12.1. The van der Waals surface area contributed by atoms with Crippen molar-refractivity contribution in [2.75, 3.05) is 26.2 Å². The van der Waals surface area contributed by atoms with Gasteiger partial charge in [0.1, 0.15) is 0 Å². The SMILES string of the molecule is CCCCN(CCCC)CCCNCc1ccc(Cl)cc1Cl.Cl.Cl. The molecule has 0 spiro atoms. The van der Waals surface area contributed by atoms with Crippen LogP contribution < -0.4 is 5.32 Å². The number of rotatable bonds is 12. The Balaban J connectivity index is 0. The fourth-order valence-corrected chi connectivity index (χ4v) is 2.89. The molecule has 1 aromatic rings. The van der Waals surface area contributed by atoms with Gasteiger partial charge in [0, 0.05) is 16.6 Å². The van der Waals surface area contributed by atoms with Crippen molar-refractivity contribution in [3.8, 4) is 0 Å². The molecule has 0 fully saturated rings. The van der Waals surface area contributed by atoms with E-state index in [1.165, 1.54) is 51.7 Å². The molecule has 1 aromatic carbocycles. The van der Waals surface area contributed by atoms with Crippen LogP contribution in [0.3, 0.4) is 0 Å². The molecular formula is C18H32Cl4N2. The van der Waals surface area contributed by atoms with Crippen molar-refractivity contribution < 1.29 is 0 Å². The highest BCUT2D eigenvalue weighted by molar-refractivity contribution is 6.35. The van der Waals surface area contributed by atoms with E-state index in [9.17, 15) is 0 Å². The number of benzene rings is 1. The molecule has 0 unspecified atom stereocenters. The summed E-state index contributed by atoms with van der Waals surface area (Å²) in [5.41, 5.74) is 1.11. The smallest absolute Gasteiger partial charge is 0.0465 e. The van der Waals surface area contributed by atoms with E-state index in [1.807, 2.05) is 12.1 Å². The molecule has 0 bridgehead atoms. The largest absolute Gasteiger partial charge is 0.313 e. The standard InChI is InChI=1S/C18H30Cl2N2.2ClH/c1-3-5-11-22(12-6-4-2)13-7-10-21-15-16-8-9-17(19)14-18(16)20;;/h8-9,14,21H,3-7,10-13,15H2,1-2H3;2*1H. The Hall–Kier alpha value is 0.300. The fraction of sp³-hybridized carbons (Fsp3) is 0.667. The summed E-state index contributed by atoms with van der Waals surface area (Å²) in [4.78, 5) is 2.60. The Labute approximate surface area is 170 Å². The number of hydrogen-bond donors (Lipinski definition) is 1. The Morgan fingerprint density at radius 3 is 2.04 bits per heavy atom. The molecule has 0 amide bonds. The molecule has 0 heterocycles. The van der Waals surface area contributed by atoms with Gasteiger partial charge in [-0.15, -0.1) is 24.8 Å². The molecule has 0 aliphatic rings. The minimum absolute atomic E-state index is 0. The van der Waals surface area contributed by atoms with Gasteiger partial charge in [-0.25, -0.2) is 0 Å². The highest BCUT2D eigenvalue weighted by Crippen LogP contribution is 2.20. The molecule has 6 heteroatoms. The second-order valence-corrected chi connectivity index (χ2v) is 6.66. The van der Waals surface area contributed by atoms with Crippen LogP contribution in [0.25, 0.3) is 0 Å². The van der Waals surface area contributed by atoms with Gasteiger partial charge in [-0.05, 0) is 63.1 Å². The summed E-state index contributed by atoms with van der Waals surface area (Å²) in [5.74, 6) is 0. The first-order valence-corrected chi connectivity index (χ1v) is 9.30. The van der Waals surface area contributed by atoms with Crippen LogP contribution >= 0.6 is 48.0 Å². The third kappa shape index (κ3) is 11.8. The van der Waals surface area contributed by atoms with Crippen LogP contribution in [0.4, 0.5) is 0 Å². The first-order valence-electron chi connectivity index (χ1n) is 8.54. The first kappa shape index (κ1) is 26.5. The van der Waals surface area contributed by atoms with Crippen molar-refractivity contribution in [1.29, 1.82) is 0 Å². The first-order chi connectivity index (χ1) is 10.7. The highest BCUT2D eigenvalue weighted by Gasteiger charge is 2.04. The number of nitrogens with one attached hydrogen (secondary N) is 1. The van der Waals surface area contributed by atoms with Gasteiger partial charge in [-0.3, -0.25) is 0 Å². The van der Waals surface area contributed by atoms with Crippen LogP contribution in [0.15, 0.2) is 18.2 Å². The zero-order valence-electron chi connectivity index (χ0n) is 14.8. The van der Waals surface area contributed by atoms with E-state index in [2.05, 4.69) is 24.1 Å². The molecule has 0 aliphatic heterocycles. The molecule has 0 atom stereocenters. The highest BCUT2D eigenvalue weighted by atomic mass is 35.5. The fourth-order valence-electron chi connectivity index (χ4n) is 2.41. The molecular weight excluding hydrogens is 386 g/mol. The summed E-state index contributed by atoms with van der Waals surface area (Å²) in [6, 6.07) is 5.69. The molecule has 0 aliphatic carbocycles. The van der Waals surface area contributed by atoms with Gasteiger partial charge in [0.2, 0.25) is 0 Å².